The van der Waals surface area contributed by atoms with E-state index in [9.17, 15) is 4.79 Å². The van der Waals surface area contributed by atoms with Gasteiger partial charge in [-0.25, -0.2) is 0 Å². The molecule has 0 aromatic heterocycles. The number of hydrogen-bond donors (Lipinski definition) is 0. The minimum absolute atomic E-state index is 0.161. The predicted molar refractivity (Wildman–Crippen MR) is 302 cm³/mol. The molecule has 1 saturated heterocycles. The van der Waals surface area contributed by atoms with Crippen LogP contribution in [0.4, 0.5) is 0 Å². The van der Waals surface area contributed by atoms with Gasteiger partial charge in [0.15, 0.2) is 6.29 Å². The summed E-state index contributed by atoms with van der Waals surface area (Å²) in [6.45, 7) is 9.30. The standard InChI is InChI=1S/C63H125NO6/c1-6-9-12-15-18-21-24-27-30-33-36-39-42-45-48-51-54-66-61-59(58-69-60(65)57-64(4)5)70-63(68-56-53-50-47-44-41-38-35-32-29-26-23-20-17-14-11-8-3)62(61)67-55-52-49-46-43-40-37-34-31-28-25-22-19-16-13-10-7-2/h59,61-63H,6-58H2,1-5H3/t59-,61?,62+,63-/m1/s1. The van der Waals surface area contributed by atoms with Gasteiger partial charge in [-0.05, 0) is 33.4 Å². The third kappa shape index (κ3) is 44.7. The average molecular weight is 993 g/mol. The topological polar surface area (TPSA) is 66.5 Å². The van der Waals surface area contributed by atoms with Gasteiger partial charge in [0.1, 0.15) is 24.9 Å². The average Bonchev–Trinajstić information content (AvgIpc) is 3.68. The fourth-order valence-electron chi connectivity index (χ4n) is 10.4. The summed E-state index contributed by atoms with van der Waals surface area (Å²) in [6, 6.07) is 0. The van der Waals surface area contributed by atoms with Crippen LogP contribution in [0.15, 0.2) is 0 Å². The molecule has 0 bridgehead atoms. The summed E-state index contributed by atoms with van der Waals surface area (Å²) in [5.41, 5.74) is 0. The van der Waals surface area contributed by atoms with Crippen LogP contribution >= 0.6 is 0 Å². The number of hydrogen-bond acceptors (Lipinski definition) is 7. The largest absolute Gasteiger partial charge is 0.462 e. The Balaban J connectivity index is 2.54. The normalized spacial score (nSPS) is 17.1. The number of carbonyl (C=O) groups is 1. The lowest BCUT2D eigenvalue weighted by atomic mass is 10.0. The van der Waals surface area contributed by atoms with Crippen LogP contribution in [0.3, 0.4) is 0 Å². The quantitative estimate of drug-likeness (QED) is 0.0444. The molecule has 70 heavy (non-hydrogen) atoms. The summed E-state index contributed by atoms with van der Waals surface area (Å²) in [4.78, 5) is 14.5. The molecule has 0 spiro atoms. The number of likely N-dealkylation sites (N-methyl/N-ethyl adjacent to an activating group) is 1. The summed E-state index contributed by atoms with van der Waals surface area (Å²) in [5, 5.41) is 0. The molecule has 418 valence electrons. The Labute approximate surface area is 438 Å². The van der Waals surface area contributed by atoms with Gasteiger partial charge in [-0.1, -0.05) is 310 Å². The number of carbonyl (C=O) groups excluding carboxylic acids is 1. The van der Waals surface area contributed by atoms with Gasteiger partial charge in [0.05, 0.1) is 6.54 Å². The minimum atomic E-state index is -0.509. The van der Waals surface area contributed by atoms with Crippen molar-refractivity contribution >= 4 is 5.97 Å². The maximum Gasteiger partial charge on any atom is 0.320 e. The van der Waals surface area contributed by atoms with Gasteiger partial charge in [0.25, 0.3) is 0 Å². The first-order chi connectivity index (χ1) is 34.5. The van der Waals surface area contributed by atoms with Gasteiger partial charge in [-0.15, -0.1) is 0 Å². The van der Waals surface area contributed by atoms with E-state index in [2.05, 4.69) is 20.8 Å². The molecule has 4 atom stereocenters. The summed E-state index contributed by atoms with van der Waals surface area (Å²) in [7, 11) is 3.78. The van der Waals surface area contributed by atoms with Gasteiger partial charge >= 0.3 is 5.97 Å². The fourth-order valence-corrected chi connectivity index (χ4v) is 10.4. The lowest BCUT2D eigenvalue weighted by Crippen LogP contribution is -2.40. The van der Waals surface area contributed by atoms with Crippen molar-refractivity contribution in [1.82, 2.24) is 4.90 Å². The van der Waals surface area contributed by atoms with E-state index in [1.807, 2.05) is 19.0 Å². The SMILES string of the molecule is CCCCCCCCCCCCCCCCCCOC1[C@@H](COC(=O)CN(C)C)O[C@@H](OCCCCCCCCCCCCCCCCCC)[C@H]1OCCCCCCCCCCCCCCCCCC. The number of rotatable bonds is 58. The van der Waals surface area contributed by atoms with Crippen LogP contribution in [-0.2, 0) is 28.5 Å². The van der Waals surface area contributed by atoms with Crippen LogP contribution in [0, 0.1) is 0 Å². The maximum atomic E-state index is 12.7. The van der Waals surface area contributed by atoms with Gasteiger partial charge in [-0.3, -0.25) is 9.69 Å². The number of nitrogens with zero attached hydrogens (tertiary/aromatic N) is 1. The van der Waals surface area contributed by atoms with E-state index in [1.165, 1.54) is 289 Å². The smallest absolute Gasteiger partial charge is 0.320 e. The Hall–Kier alpha value is -0.730. The second-order valence-corrected chi connectivity index (χ2v) is 22.4. The lowest BCUT2D eigenvalue weighted by Gasteiger charge is -2.25. The van der Waals surface area contributed by atoms with Crippen LogP contribution in [-0.4, -0.2) is 82.5 Å². The molecule has 0 aromatic carbocycles. The number of esters is 1. The molecule has 7 heteroatoms. The Bertz CT molecular complexity index is 1030. The van der Waals surface area contributed by atoms with Crippen molar-refractivity contribution in [2.45, 2.75) is 354 Å². The highest BCUT2D eigenvalue weighted by atomic mass is 16.7. The van der Waals surface area contributed by atoms with E-state index in [0.29, 0.717) is 19.8 Å². The van der Waals surface area contributed by atoms with Crippen molar-refractivity contribution in [3.63, 3.8) is 0 Å². The van der Waals surface area contributed by atoms with Crippen molar-refractivity contribution in [3.05, 3.63) is 0 Å². The molecule has 0 aromatic rings. The predicted octanol–water partition coefficient (Wildman–Crippen LogP) is 19.4. The van der Waals surface area contributed by atoms with E-state index in [0.717, 1.165) is 19.3 Å². The van der Waals surface area contributed by atoms with Crippen molar-refractivity contribution in [3.8, 4) is 0 Å². The minimum Gasteiger partial charge on any atom is -0.462 e. The second kappa shape index (κ2) is 54.5. The van der Waals surface area contributed by atoms with Crippen LogP contribution in [0.2, 0.25) is 0 Å². The van der Waals surface area contributed by atoms with E-state index in [1.54, 1.807) is 0 Å². The molecule has 0 saturated carbocycles. The zero-order valence-electron chi connectivity index (χ0n) is 48.2. The molecule has 7 nitrogen and oxygen atoms in total. The van der Waals surface area contributed by atoms with E-state index >= 15 is 0 Å². The number of ether oxygens (including phenoxy) is 5. The molecule has 0 amide bonds. The van der Waals surface area contributed by atoms with Gasteiger partial charge in [0.2, 0.25) is 0 Å². The van der Waals surface area contributed by atoms with Crippen LogP contribution in [0.1, 0.15) is 329 Å². The number of unbranched alkanes of at least 4 members (excludes halogenated alkanes) is 45. The molecule has 0 N–H and O–H groups in total. The van der Waals surface area contributed by atoms with Crippen molar-refractivity contribution < 1.29 is 28.5 Å². The molecule has 1 heterocycles. The van der Waals surface area contributed by atoms with Gasteiger partial charge in [-0.2, -0.15) is 0 Å². The molecule has 1 fully saturated rings. The Morgan fingerprint density at radius 3 is 0.857 bits per heavy atom. The first-order valence-corrected chi connectivity index (χ1v) is 31.8. The zero-order chi connectivity index (χ0) is 50.5. The Kier molecular flexibility index (Phi) is 52.4. The van der Waals surface area contributed by atoms with E-state index in [-0.39, 0.29) is 31.3 Å². The molecular weight excluding hydrogens is 867 g/mol. The van der Waals surface area contributed by atoms with Crippen molar-refractivity contribution in [2.75, 3.05) is 47.1 Å². The summed E-state index contributed by atoms with van der Waals surface area (Å²) < 4.78 is 32.2. The Morgan fingerprint density at radius 2 is 0.586 bits per heavy atom. The highest BCUT2D eigenvalue weighted by Crippen LogP contribution is 2.30. The van der Waals surface area contributed by atoms with Gasteiger partial charge < -0.3 is 23.7 Å². The molecule has 1 unspecified atom stereocenters. The zero-order valence-corrected chi connectivity index (χ0v) is 48.2. The highest BCUT2D eigenvalue weighted by molar-refractivity contribution is 5.71. The van der Waals surface area contributed by atoms with Crippen LogP contribution in [0.25, 0.3) is 0 Å². The molecule has 0 aliphatic carbocycles. The lowest BCUT2D eigenvalue weighted by molar-refractivity contribution is -0.184. The van der Waals surface area contributed by atoms with Crippen molar-refractivity contribution in [1.29, 1.82) is 0 Å². The van der Waals surface area contributed by atoms with E-state index < -0.39 is 12.4 Å². The fraction of sp³-hybridized carbons (Fsp3) is 0.984. The van der Waals surface area contributed by atoms with Crippen LogP contribution in [0.5, 0.6) is 0 Å². The summed E-state index contributed by atoms with van der Waals surface area (Å²) >= 11 is 0. The molecule has 0 radical (unpaired) electrons. The monoisotopic (exact) mass is 992 g/mol. The third-order valence-corrected chi connectivity index (χ3v) is 15.0. The highest BCUT2D eigenvalue weighted by Gasteiger charge is 2.47. The second-order valence-electron chi connectivity index (χ2n) is 22.4. The molecule has 1 aliphatic rings. The summed E-state index contributed by atoms with van der Waals surface area (Å²) in [5.74, 6) is -0.242. The Morgan fingerprint density at radius 1 is 0.343 bits per heavy atom. The first kappa shape index (κ1) is 67.3. The van der Waals surface area contributed by atoms with E-state index in [4.69, 9.17) is 23.7 Å². The summed E-state index contributed by atoms with van der Waals surface area (Å²) in [6.07, 6.45) is 63.4. The molecule has 1 aliphatic heterocycles. The third-order valence-electron chi connectivity index (χ3n) is 15.0. The molecular formula is C63H125NO6. The van der Waals surface area contributed by atoms with Crippen molar-refractivity contribution in [2.24, 2.45) is 0 Å². The molecule has 1 rings (SSSR count). The van der Waals surface area contributed by atoms with Crippen LogP contribution < -0.4 is 0 Å². The van der Waals surface area contributed by atoms with Gasteiger partial charge in [0, 0.05) is 19.8 Å². The first-order valence-electron chi connectivity index (χ1n) is 31.8. The maximum absolute atomic E-state index is 12.7.